The number of nitrogens with zero attached hydrogens (tertiary/aromatic N) is 1. The van der Waals surface area contributed by atoms with Gasteiger partial charge in [0, 0.05) is 23.9 Å². The molecule has 2 aromatic rings. The van der Waals surface area contributed by atoms with E-state index >= 15 is 0 Å². The molecule has 1 saturated heterocycles. The number of ether oxygens (including phenoxy) is 1. The lowest BCUT2D eigenvalue weighted by atomic mass is 10.1. The van der Waals surface area contributed by atoms with E-state index in [4.69, 9.17) is 20.8 Å². The Balaban J connectivity index is 1.64. The molecule has 1 aliphatic rings. The molecule has 1 fully saturated rings. The van der Waals surface area contributed by atoms with Crippen LogP contribution in [0.1, 0.15) is 31.3 Å². The Morgan fingerprint density at radius 2 is 2.04 bits per heavy atom. The fourth-order valence-corrected chi connectivity index (χ4v) is 4.20. The summed E-state index contributed by atoms with van der Waals surface area (Å²) in [5.41, 5.74) is -0.928. The summed E-state index contributed by atoms with van der Waals surface area (Å²) in [6, 6.07) is 11.0. The molecule has 0 bridgehead atoms. The maximum absolute atomic E-state index is 13.0. The van der Waals surface area contributed by atoms with Gasteiger partial charge in [-0.15, -0.1) is 11.8 Å². The first-order chi connectivity index (χ1) is 12.0. The van der Waals surface area contributed by atoms with Crippen LogP contribution in [0.4, 0.5) is 0 Å². The zero-order valence-electron chi connectivity index (χ0n) is 14.4. The number of carbonyl (C=O) groups excluding carboxylic acids is 1. The average Bonchev–Trinajstić information content (AvgIpc) is 3.01. The molecule has 0 unspecified atom stereocenters. The Morgan fingerprint density at radius 1 is 1.28 bits per heavy atom. The molecule has 1 atom stereocenters. The third-order valence-corrected chi connectivity index (χ3v) is 5.73. The molecule has 134 valence electrons. The highest BCUT2D eigenvalue weighted by Gasteiger charge is 2.35. The van der Waals surface area contributed by atoms with Crippen LogP contribution in [0, 0.1) is 0 Å². The monoisotopic (exact) mass is 379 g/mol. The number of amides is 1. The SMILES string of the molecule is CC(C)(Oc1ccc(Cl)cc1)C(=O)N1CCS[C@H](c2ccco2)CC1. The van der Waals surface area contributed by atoms with Crippen molar-refractivity contribution in [3.05, 3.63) is 53.4 Å². The fraction of sp³-hybridized carbons (Fsp3) is 0.421. The van der Waals surface area contributed by atoms with Gasteiger partial charge in [0.2, 0.25) is 0 Å². The molecule has 1 amide bonds. The summed E-state index contributed by atoms with van der Waals surface area (Å²) in [7, 11) is 0. The first-order valence-corrected chi connectivity index (χ1v) is 9.77. The van der Waals surface area contributed by atoms with Crippen LogP contribution in [0.5, 0.6) is 5.75 Å². The van der Waals surface area contributed by atoms with Crippen molar-refractivity contribution in [2.75, 3.05) is 18.8 Å². The third-order valence-electron chi connectivity index (χ3n) is 4.19. The number of rotatable bonds is 4. The second kappa shape index (κ2) is 7.75. The van der Waals surface area contributed by atoms with Gasteiger partial charge in [0.25, 0.3) is 5.91 Å². The Hall–Kier alpha value is -1.59. The quantitative estimate of drug-likeness (QED) is 0.765. The predicted molar refractivity (Wildman–Crippen MR) is 101 cm³/mol. The fourth-order valence-electron chi connectivity index (χ4n) is 2.90. The first kappa shape index (κ1) is 18.2. The van der Waals surface area contributed by atoms with E-state index in [2.05, 4.69) is 0 Å². The van der Waals surface area contributed by atoms with Gasteiger partial charge < -0.3 is 14.1 Å². The largest absolute Gasteiger partial charge is 0.478 e. The minimum absolute atomic E-state index is 0.00291. The maximum atomic E-state index is 13.0. The van der Waals surface area contributed by atoms with Crippen LogP contribution in [0.25, 0.3) is 0 Å². The van der Waals surface area contributed by atoms with Crippen molar-refractivity contribution in [2.24, 2.45) is 0 Å². The van der Waals surface area contributed by atoms with Gasteiger partial charge in [-0.3, -0.25) is 4.79 Å². The zero-order chi connectivity index (χ0) is 17.9. The topological polar surface area (TPSA) is 42.7 Å². The van der Waals surface area contributed by atoms with Crippen LogP contribution < -0.4 is 4.74 Å². The van der Waals surface area contributed by atoms with Crippen molar-refractivity contribution in [3.63, 3.8) is 0 Å². The van der Waals surface area contributed by atoms with Crippen LogP contribution in [0.15, 0.2) is 47.1 Å². The number of hydrogen-bond donors (Lipinski definition) is 0. The highest BCUT2D eigenvalue weighted by atomic mass is 35.5. The average molecular weight is 380 g/mol. The summed E-state index contributed by atoms with van der Waals surface area (Å²) >= 11 is 7.74. The van der Waals surface area contributed by atoms with Gasteiger partial charge in [0.05, 0.1) is 11.5 Å². The van der Waals surface area contributed by atoms with Gasteiger partial charge in [0.1, 0.15) is 11.5 Å². The lowest BCUT2D eigenvalue weighted by Gasteiger charge is -2.31. The molecule has 25 heavy (non-hydrogen) atoms. The van der Waals surface area contributed by atoms with Crippen LogP contribution in [0.2, 0.25) is 5.02 Å². The van der Waals surface area contributed by atoms with Crippen LogP contribution >= 0.6 is 23.4 Å². The Kier molecular flexibility index (Phi) is 5.64. The summed E-state index contributed by atoms with van der Waals surface area (Å²) in [6.45, 7) is 5.04. The third kappa shape index (κ3) is 4.53. The zero-order valence-corrected chi connectivity index (χ0v) is 16.0. The predicted octanol–water partition coefficient (Wildman–Crippen LogP) is 4.80. The van der Waals surface area contributed by atoms with Crippen LogP contribution in [-0.4, -0.2) is 35.3 Å². The normalized spacial score (nSPS) is 18.7. The second-order valence-electron chi connectivity index (χ2n) is 6.52. The highest BCUT2D eigenvalue weighted by molar-refractivity contribution is 7.99. The molecule has 3 rings (SSSR count). The van der Waals surface area contributed by atoms with Crippen molar-refractivity contribution < 1.29 is 13.9 Å². The molecule has 2 heterocycles. The molecule has 1 aliphatic heterocycles. The van der Waals surface area contributed by atoms with E-state index in [0.29, 0.717) is 29.1 Å². The molecule has 0 N–H and O–H groups in total. The molecule has 0 aliphatic carbocycles. The van der Waals surface area contributed by atoms with Crippen LogP contribution in [-0.2, 0) is 4.79 Å². The van der Waals surface area contributed by atoms with Crippen molar-refractivity contribution in [1.29, 1.82) is 0 Å². The summed E-state index contributed by atoms with van der Waals surface area (Å²) in [5.74, 6) is 2.51. The van der Waals surface area contributed by atoms with Crippen molar-refractivity contribution >= 4 is 29.3 Å². The first-order valence-electron chi connectivity index (χ1n) is 8.35. The van der Waals surface area contributed by atoms with Gasteiger partial charge in [-0.05, 0) is 56.7 Å². The minimum Gasteiger partial charge on any atom is -0.478 e. The van der Waals surface area contributed by atoms with Crippen molar-refractivity contribution in [1.82, 2.24) is 4.90 Å². The van der Waals surface area contributed by atoms with Crippen molar-refractivity contribution in [3.8, 4) is 5.75 Å². The molecule has 1 aromatic heterocycles. The second-order valence-corrected chi connectivity index (χ2v) is 8.27. The van der Waals surface area contributed by atoms with E-state index in [1.165, 1.54) is 0 Å². The molecule has 4 nitrogen and oxygen atoms in total. The van der Waals surface area contributed by atoms with E-state index in [0.717, 1.165) is 17.9 Å². The van der Waals surface area contributed by atoms with Crippen molar-refractivity contribution in [2.45, 2.75) is 31.1 Å². The summed E-state index contributed by atoms with van der Waals surface area (Å²) in [6.07, 6.45) is 2.58. The highest BCUT2D eigenvalue weighted by Crippen LogP contribution is 2.35. The van der Waals surface area contributed by atoms with E-state index in [1.807, 2.05) is 42.6 Å². The lowest BCUT2D eigenvalue weighted by molar-refractivity contribution is -0.145. The molecule has 1 aromatic carbocycles. The lowest BCUT2D eigenvalue weighted by Crippen LogP contribution is -2.49. The Labute approximate surface area is 157 Å². The summed E-state index contributed by atoms with van der Waals surface area (Å²) in [5, 5.41) is 0.943. The standard InChI is InChI=1S/C19H22ClNO3S/c1-19(2,24-15-7-5-14(20)6-8-15)18(22)21-10-9-17(25-13-11-21)16-4-3-12-23-16/h3-8,12,17H,9-11,13H2,1-2H3/t17-/m0/s1. The van der Waals surface area contributed by atoms with Gasteiger partial charge >= 0.3 is 0 Å². The smallest absolute Gasteiger partial charge is 0.266 e. The molecule has 6 heteroatoms. The van der Waals surface area contributed by atoms with E-state index in [1.54, 1.807) is 30.5 Å². The molecular weight excluding hydrogens is 358 g/mol. The van der Waals surface area contributed by atoms with Crippen LogP contribution in [0.3, 0.4) is 0 Å². The van der Waals surface area contributed by atoms with Gasteiger partial charge in [-0.25, -0.2) is 0 Å². The molecular formula is C19H22ClNO3S. The summed E-state index contributed by atoms with van der Waals surface area (Å²) < 4.78 is 11.5. The molecule has 0 spiro atoms. The number of furan rings is 1. The summed E-state index contributed by atoms with van der Waals surface area (Å²) in [4.78, 5) is 14.9. The van der Waals surface area contributed by atoms with E-state index in [-0.39, 0.29) is 5.91 Å². The van der Waals surface area contributed by atoms with Gasteiger partial charge in [-0.2, -0.15) is 0 Å². The molecule has 0 radical (unpaired) electrons. The number of hydrogen-bond acceptors (Lipinski definition) is 4. The number of carbonyl (C=O) groups is 1. The minimum atomic E-state index is -0.928. The number of thioether (sulfide) groups is 1. The van der Waals surface area contributed by atoms with E-state index in [9.17, 15) is 4.79 Å². The number of halogens is 1. The Bertz CT molecular complexity index is 700. The molecule has 0 saturated carbocycles. The van der Waals surface area contributed by atoms with E-state index < -0.39 is 5.60 Å². The maximum Gasteiger partial charge on any atom is 0.266 e. The Morgan fingerprint density at radius 3 is 2.72 bits per heavy atom. The van der Waals surface area contributed by atoms with Gasteiger partial charge in [0.15, 0.2) is 5.60 Å². The number of benzene rings is 1. The van der Waals surface area contributed by atoms with Gasteiger partial charge in [-0.1, -0.05) is 11.6 Å².